The second-order valence-electron chi connectivity index (χ2n) is 3.30. The van der Waals surface area contributed by atoms with E-state index < -0.39 is 11.0 Å². The van der Waals surface area contributed by atoms with Crippen LogP contribution in [0.3, 0.4) is 0 Å². The normalized spacial score (nSPS) is 16.2. The highest BCUT2D eigenvalue weighted by Crippen LogP contribution is 2.09. The molecule has 1 aromatic rings. The zero-order chi connectivity index (χ0) is 12.4. The average molecular weight is 239 g/mol. The van der Waals surface area contributed by atoms with Crippen molar-refractivity contribution in [1.29, 1.82) is 0 Å². The van der Waals surface area contributed by atoms with Crippen LogP contribution in [-0.2, 0) is 4.74 Å². The van der Waals surface area contributed by atoms with Crippen molar-refractivity contribution in [2.24, 2.45) is 5.10 Å². The van der Waals surface area contributed by atoms with Crippen molar-refractivity contribution in [3.8, 4) is 0 Å². The van der Waals surface area contributed by atoms with Gasteiger partial charge in [0, 0.05) is 0 Å². The first-order valence-electron chi connectivity index (χ1n) is 4.77. The summed E-state index contributed by atoms with van der Waals surface area (Å²) in [6.07, 6.45) is 0.557. The summed E-state index contributed by atoms with van der Waals surface area (Å²) in [4.78, 5) is 27.2. The van der Waals surface area contributed by atoms with Crippen LogP contribution in [0.25, 0.3) is 0 Å². The third kappa shape index (κ3) is 2.22. The lowest BCUT2D eigenvalue weighted by Crippen LogP contribution is -2.19. The van der Waals surface area contributed by atoms with E-state index in [9.17, 15) is 14.9 Å². The molecule has 1 aromatic heterocycles. The second-order valence-corrected chi connectivity index (χ2v) is 3.30. The van der Waals surface area contributed by atoms with Gasteiger partial charge in [0.25, 0.3) is 0 Å². The molecule has 2 rings (SSSR count). The molecule has 9 nitrogen and oxygen atoms in total. The van der Waals surface area contributed by atoms with Crippen molar-refractivity contribution < 1.29 is 14.5 Å². The van der Waals surface area contributed by atoms with E-state index in [-0.39, 0.29) is 18.2 Å². The first-order valence-corrected chi connectivity index (χ1v) is 4.77. The minimum absolute atomic E-state index is 0.224. The third-order valence-electron chi connectivity index (χ3n) is 2.11. The summed E-state index contributed by atoms with van der Waals surface area (Å²) in [6.45, 7) is 2.24. The monoisotopic (exact) mass is 239 g/mol. The van der Waals surface area contributed by atoms with Crippen LogP contribution < -0.4 is 0 Å². The fraction of sp³-hybridized carbons (Fsp3) is 0.375. The highest BCUT2D eigenvalue weighted by Gasteiger charge is 2.22. The smallest absolute Gasteiger partial charge is 0.430 e. The minimum Gasteiger partial charge on any atom is -0.446 e. The molecular weight excluding hydrogens is 230 g/mol. The number of carbonyl (C=O) groups excluding carboxylic acids is 1. The first kappa shape index (κ1) is 11.0. The van der Waals surface area contributed by atoms with Crippen LogP contribution in [0, 0.1) is 10.1 Å². The van der Waals surface area contributed by atoms with Crippen molar-refractivity contribution in [2.45, 2.75) is 6.92 Å². The Morgan fingerprint density at radius 2 is 2.53 bits per heavy atom. The molecule has 0 unspecified atom stereocenters. The van der Waals surface area contributed by atoms with Gasteiger partial charge in [0.15, 0.2) is 0 Å². The fourth-order valence-electron chi connectivity index (χ4n) is 1.29. The number of hydrazone groups is 1. The van der Waals surface area contributed by atoms with Crippen molar-refractivity contribution >= 4 is 17.6 Å². The highest BCUT2D eigenvalue weighted by molar-refractivity contribution is 5.96. The lowest BCUT2D eigenvalue weighted by Gasteiger charge is -2.04. The van der Waals surface area contributed by atoms with E-state index in [0.29, 0.717) is 12.3 Å². The molecule has 0 radical (unpaired) electrons. The summed E-state index contributed by atoms with van der Waals surface area (Å²) >= 11 is 0. The molecule has 0 aromatic carbocycles. The number of imidazole rings is 1. The van der Waals surface area contributed by atoms with Crippen LogP contribution in [0.2, 0.25) is 0 Å². The number of carbonyl (C=O) groups is 1. The maximum absolute atomic E-state index is 11.1. The fourth-order valence-corrected chi connectivity index (χ4v) is 1.29. The second kappa shape index (κ2) is 4.20. The molecule has 2 heterocycles. The topological polar surface area (TPSA) is 114 Å². The number of amides is 1. The Morgan fingerprint density at radius 1 is 1.76 bits per heavy atom. The van der Waals surface area contributed by atoms with E-state index in [1.165, 1.54) is 0 Å². The van der Waals surface area contributed by atoms with Crippen molar-refractivity contribution in [1.82, 2.24) is 15.0 Å². The van der Waals surface area contributed by atoms with Gasteiger partial charge in [0.2, 0.25) is 5.82 Å². The summed E-state index contributed by atoms with van der Waals surface area (Å²) in [7, 11) is 0. The molecule has 1 aliphatic rings. The molecule has 17 heavy (non-hydrogen) atoms. The van der Waals surface area contributed by atoms with Crippen LogP contribution in [0.5, 0.6) is 0 Å². The van der Waals surface area contributed by atoms with Gasteiger partial charge < -0.3 is 14.9 Å². The molecule has 1 aliphatic heterocycles. The zero-order valence-corrected chi connectivity index (χ0v) is 8.91. The number of nitrogens with zero attached hydrogens (tertiary/aromatic N) is 4. The van der Waals surface area contributed by atoms with Crippen molar-refractivity contribution in [2.75, 3.05) is 13.2 Å². The summed E-state index contributed by atoms with van der Waals surface area (Å²) < 4.78 is 4.69. The number of aromatic amines is 1. The van der Waals surface area contributed by atoms with E-state index in [1.54, 1.807) is 6.92 Å². The standard InChI is InChI=1S/C8H9N5O4/c1-5(11-12-2-3-17-8(12)14)7-9-4-6(10-7)13(15)16/h4H,2-3H2,1H3,(H,9,10). The van der Waals surface area contributed by atoms with Crippen molar-refractivity contribution in [3.63, 3.8) is 0 Å². The number of hydrogen-bond donors (Lipinski definition) is 1. The van der Waals surface area contributed by atoms with Crippen LogP contribution in [0.15, 0.2) is 11.3 Å². The number of rotatable bonds is 3. The van der Waals surface area contributed by atoms with Gasteiger partial charge in [-0.25, -0.2) is 14.8 Å². The first-order chi connectivity index (χ1) is 8.08. The van der Waals surface area contributed by atoms with E-state index in [1.807, 2.05) is 0 Å². The quantitative estimate of drug-likeness (QED) is 0.468. The summed E-state index contributed by atoms with van der Waals surface area (Å²) in [5.74, 6) is 0.0231. The third-order valence-corrected chi connectivity index (χ3v) is 2.11. The molecule has 1 amide bonds. The van der Waals surface area contributed by atoms with Crippen LogP contribution in [-0.4, -0.2) is 44.9 Å². The van der Waals surface area contributed by atoms with Gasteiger partial charge in [0.05, 0.1) is 6.54 Å². The zero-order valence-electron chi connectivity index (χ0n) is 8.91. The maximum atomic E-state index is 11.1. The summed E-state index contributed by atoms with van der Waals surface area (Å²) in [5, 5.41) is 15.5. The molecule has 0 saturated carbocycles. The Hall–Kier alpha value is -2.45. The Labute approximate surface area is 95.2 Å². The predicted octanol–water partition coefficient (Wildman–Crippen LogP) is 0.494. The SMILES string of the molecule is CC(=NN1CCOC1=O)c1ncc([N+](=O)[O-])[nH]1. The van der Waals surface area contributed by atoms with Gasteiger partial charge in [-0.05, 0) is 11.8 Å². The predicted molar refractivity (Wildman–Crippen MR) is 55.5 cm³/mol. The minimum atomic E-state index is -0.589. The molecule has 1 fully saturated rings. The summed E-state index contributed by atoms with van der Waals surface area (Å²) in [6, 6.07) is 0. The van der Waals surface area contributed by atoms with Crippen LogP contribution in [0.4, 0.5) is 10.6 Å². The molecular formula is C8H9N5O4. The Kier molecular flexibility index (Phi) is 2.73. The van der Waals surface area contributed by atoms with Gasteiger partial charge in [-0.2, -0.15) is 10.1 Å². The summed E-state index contributed by atoms with van der Waals surface area (Å²) in [5.41, 5.74) is 0.372. The number of nitrogens with one attached hydrogen (secondary N) is 1. The average Bonchev–Trinajstić information content (AvgIpc) is 2.88. The number of nitro groups is 1. The van der Waals surface area contributed by atoms with Crippen LogP contribution in [0.1, 0.15) is 12.7 Å². The van der Waals surface area contributed by atoms with E-state index in [4.69, 9.17) is 0 Å². The van der Waals surface area contributed by atoms with Crippen LogP contribution >= 0.6 is 0 Å². The van der Waals surface area contributed by atoms with Gasteiger partial charge >= 0.3 is 11.9 Å². The molecule has 0 aliphatic carbocycles. The molecule has 0 bridgehead atoms. The van der Waals surface area contributed by atoms with Crippen molar-refractivity contribution in [3.05, 3.63) is 22.1 Å². The number of H-pyrrole nitrogens is 1. The van der Waals surface area contributed by atoms with Gasteiger partial charge in [-0.15, -0.1) is 0 Å². The van der Waals surface area contributed by atoms with E-state index in [2.05, 4.69) is 19.8 Å². The number of cyclic esters (lactones) is 1. The Balaban J connectivity index is 2.18. The highest BCUT2D eigenvalue weighted by atomic mass is 16.6. The maximum Gasteiger partial charge on any atom is 0.430 e. The number of hydrogen-bond acceptors (Lipinski definition) is 6. The Morgan fingerprint density at radius 3 is 3.06 bits per heavy atom. The molecule has 0 spiro atoms. The number of aromatic nitrogens is 2. The number of ether oxygens (including phenoxy) is 1. The lowest BCUT2D eigenvalue weighted by molar-refractivity contribution is -0.389. The molecule has 1 saturated heterocycles. The molecule has 1 N–H and O–H groups in total. The van der Waals surface area contributed by atoms with Gasteiger partial charge in [-0.1, -0.05) is 0 Å². The molecule has 0 atom stereocenters. The van der Waals surface area contributed by atoms with Gasteiger partial charge in [0.1, 0.15) is 18.5 Å². The molecule has 9 heteroatoms. The van der Waals surface area contributed by atoms with E-state index in [0.717, 1.165) is 11.2 Å². The largest absolute Gasteiger partial charge is 0.446 e. The van der Waals surface area contributed by atoms with Gasteiger partial charge in [-0.3, -0.25) is 0 Å². The Bertz CT molecular complexity index is 494. The van der Waals surface area contributed by atoms with E-state index >= 15 is 0 Å². The lowest BCUT2D eigenvalue weighted by atomic mass is 10.4. The molecule has 90 valence electrons.